The lowest BCUT2D eigenvalue weighted by Crippen LogP contribution is -2.51. The Bertz CT molecular complexity index is 1600. The fourth-order valence-corrected chi connectivity index (χ4v) is 6.03. The molecule has 3 aromatic carbocycles. The van der Waals surface area contributed by atoms with Crippen LogP contribution in [0.1, 0.15) is 89.5 Å². The highest BCUT2D eigenvalue weighted by molar-refractivity contribution is 5.97. The Morgan fingerprint density at radius 2 is 1.02 bits per heavy atom. The first-order chi connectivity index (χ1) is 23.7. The molecule has 0 spiro atoms. The Morgan fingerprint density at radius 3 is 1.39 bits per heavy atom. The maximum atomic E-state index is 12.7. The number of aliphatic hydroxyl groups is 2. The molecule has 2 saturated heterocycles. The summed E-state index contributed by atoms with van der Waals surface area (Å²) in [6.45, 7) is 15.6. The minimum Gasteiger partial charge on any atom is -0.380 e. The highest BCUT2D eigenvalue weighted by Crippen LogP contribution is 2.31. The fraction of sp³-hybridized carbons (Fsp3) is 0.500. The van der Waals surface area contributed by atoms with E-state index >= 15 is 0 Å². The number of carbonyl (C=O) groups is 2. The lowest BCUT2D eigenvalue weighted by molar-refractivity contribution is -0.139. The summed E-state index contributed by atoms with van der Waals surface area (Å²) < 4.78 is 38.1. The van der Waals surface area contributed by atoms with Crippen LogP contribution in [0.4, 0.5) is 24.5 Å². The molecule has 0 atom stereocenters. The number of amides is 2. The second-order valence-electron chi connectivity index (χ2n) is 15.8. The standard InChI is InChI=1S/C24H29F3N2O2.C16H24N2O2/c1-22(2,3)18-8-10-20(11-9-18)28-21(30)23(31)12-14-29(15-13-23)16-17-4-6-19(7-5-17)24(25,26)27;1-15(2,3)12-4-6-13(7-5-12)18-14(19)16(20)8-10-17-11-9-16/h4-11,31H,12-16H2,1-3H3,(H,28,30);4-7,17,20H,8-11H2,1-3H3,(H,18,19). The number of benzene rings is 3. The van der Waals surface area contributed by atoms with Gasteiger partial charge in [0.05, 0.1) is 5.56 Å². The summed E-state index contributed by atoms with van der Waals surface area (Å²) in [5.41, 5.74) is 1.24. The van der Waals surface area contributed by atoms with Crippen LogP contribution in [0.15, 0.2) is 72.8 Å². The van der Waals surface area contributed by atoms with Crippen LogP contribution in [0.25, 0.3) is 0 Å². The van der Waals surface area contributed by atoms with Crippen molar-refractivity contribution in [1.29, 1.82) is 0 Å². The number of hydrogen-bond donors (Lipinski definition) is 5. The summed E-state index contributed by atoms with van der Waals surface area (Å²) in [4.78, 5) is 26.9. The monoisotopic (exact) mass is 710 g/mol. The Morgan fingerprint density at radius 1 is 0.647 bits per heavy atom. The Kier molecular flexibility index (Phi) is 12.4. The third-order valence-corrected chi connectivity index (χ3v) is 9.66. The summed E-state index contributed by atoms with van der Waals surface area (Å²) in [5.74, 6) is -0.729. The minimum atomic E-state index is -4.35. The molecule has 278 valence electrons. The van der Waals surface area contributed by atoms with E-state index in [9.17, 15) is 33.0 Å². The molecule has 2 heterocycles. The van der Waals surface area contributed by atoms with Gasteiger partial charge < -0.3 is 26.2 Å². The van der Waals surface area contributed by atoms with E-state index in [-0.39, 0.29) is 29.6 Å². The predicted octanol–water partition coefficient (Wildman–Crippen LogP) is 7.01. The van der Waals surface area contributed by atoms with E-state index in [4.69, 9.17) is 0 Å². The first-order valence-electron chi connectivity index (χ1n) is 17.6. The fourth-order valence-electron chi connectivity index (χ4n) is 6.03. The number of halogens is 3. The molecule has 51 heavy (non-hydrogen) atoms. The molecule has 3 aromatic rings. The lowest BCUT2D eigenvalue weighted by atomic mass is 9.87. The lowest BCUT2D eigenvalue weighted by Gasteiger charge is -2.37. The molecule has 5 rings (SSSR count). The summed E-state index contributed by atoms with van der Waals surface area (Å²) in [5, 5.41) is 29.9. The molecule has 2 aliphatic heterocycles. The topological polar surface area (TPSA) is 114 Å². The number of nitrogens with zero attached hydrogens (tertiary/aromatic N) is 1. The number of nitrogens with one attached hydrogen (secondary N) is 3. The molecular weight excluding hydrogens is 657 g/mol. The summed E-state index contributed by atoms with van der Waals surface area (Å²) in [6, 6.07) is 20.5. The van der Waals surface area contributed by atoms with E-state index in [2.05, 4.69) is 57.5 Å². The van der Waals surface area contributed by atoms with E-state index in [1.807, 2.05) is 53.4 Å². The van der Waals surface area contributed by atoms with Gasteiger partial charge in [-0.25, -0.2) is 0 Å². The van der Waals surface area contributed by atoms with Gasteiger partial charge in [0.2, 0.25) is 0 Å². The molecule has 0 radical (unpaired) electrons. The van der Waals surface area contributed by atoms with Gasteiger partial charge in [0, 0.05) is 31.0 Å². The van der Waals surface area contributed by atoms with Crippen LogP contribution in [0.5, 0.6) is 0 Å². The van der Waals surface area contributed by atoms with Crippen molar-refractivity contribution in [3.8, 4) is 0 Å². The van der Waals surface area contributed by atoms with Gasteiger partial charge in [-0.1, -0.05) is 77.9 Å². The van der Waals surface area contributed by atoms with Crippen molar-refractivity contribution >= 4 is 23.2 Å². The van der Waals surface area contributed by atoms with Crippen molar-refractivity contribution < 1.29 is 33.0 Å². The zero-order chi connectivity index (χ0) is 37.7. The van der Waals surface area contributed by atoms with Gasteiger partial charge in [0.15, 0.2) is 0 Å². The molecule has 5 N–H and O–H groups in total. The first-order valence-corrected chi connectivity index (χ1v) is 17.6. The highest BCUT2D eigenvalue weighted by atomic mass is 19.4. The second kappa shape index (κ2) is 15.9. The maximum Gasteiger partial charge on any atom is 0.416 e. The minimum absolute atomic E-state index is 0.0145. The van der Waals surface area contributed by atoms with Crippen molar-refractivity contribution in [2.45, 2.75) is 102 Å². The third-order valence-electron chi connectivity index (χ3n) is 9.66. The molecule has 2 aliphatic rings. The zero-order valence-corrected chi connectivity index (χ0v) is 30.6. The van der Waals surface area contributed by atoms with Crippen molar-refractivity contribution in [1.82, 2.24) is 10.2 Å². The van der Waals surface area contributed by atoms with Crippen LogP contribution < -0.4 is 16.0 Å². The smallest absolute Gasteiger partial charge is 0.380 e. The van der Waals surface area contributed by atoms with E-state index in [0.29, 0.717) is 51.3 Å². The van der Waals surface area contributed by atoms with Crippen LogP contribution in [0.3, 0.4) is 0 Å². The Hall–Kier alpha value is -3.77. The van der Waals surface area contributed by atoms with Crippen LogP contribution in [-0.4, -0.2) is 64.3 Å². The molecule has 0 saturated carbocycles. The largest absolute Gasteiger partial charge is 0.416 e. The van der Waals surface area contributed by atoms with Crippen molar-refractivity contribution in [2.75, 3.05) is 36.8 Å². The van der Waals surface area contributed by atoms with Crippen LogP contribution in [0.2, 0.25) is 0 Å². The Balaban J connectivity index is 0.000000251. The average molecular weight is 711 g/mol. The molecule has 2 fully saturated rings. The van der Waals surface area contributed by atoms with Gasteiger partial charge >= 0.3 is 6.18 Å². The number of rotatable bonds is 6. The van der Waals surface area contributed by atoms with Gasteiger partial charge in [-0.05, 0) is 103 Å². The molecule has 2 amide bonds. The van der Waals surface area contributed by atoms with Gasteiger partial charge in [-0.15, -0.1) is 0 Å². The predicted molar refractivity (Wildman–Crippen MR) is 196 cm³/mol. The van der Waals surface area contributed by atoms with E-state index < -0.39 is 28.8 Å². The summed E-state index contributed by atoms with van der Waals surface area (Å²) >= 11 is 0. The van der Waals surface area contributed by atoms with Gasteiger partial charge in [-0.2, -0.15) is 13.2 Å². The van der Waals surface area contributed by atoms with Gasteiger partial charge in [0.1, 0.15) is 11.2 Å². The number of piperidine rings is 2. The Labute approximate surface area is 299 Å². The molecule has 8 nitrogen and oxygen atoms in total. The number of likely N-dealkylation sites (tertiary alicyclic amines) is 1. The number of carbonyl (C=O) groups excluding carboxylic acids is 2. The molecule has 0 unspecified atom stereocenters. The van der Waals surface area contributed by atoms with Crippen LogP contribution >= 0.6 is 0 Å². The summed E-state index contributed by atoms with van der Waals surface area (Å²) in [7, 11) is 0. The third kappa shape index (κ3) is 11.1. The van der Waals surface area contributed by atoms with Crippen molar-refractivity contribution in [3.63, 3.8) is 0 Å². The molecule has 0 aromatic heterocycles. The second-order valence-corrected chi connectivity index (χ2v) is 15.8. The van der Waals surface area contributed by atoms with Gasteiger partial charge in [-0.3, -0.25) is 14.5 Å². The molecule has 0 bridgehead atoms. The van der Waals surface area contributed by atoms with Crippen LogP contribution in [0, 0.1) is 0 Å². The summed E-state index contributed by atoms with van der Waals surface area (Å²) in [6.07, 6.45) is -2.91. The van der Waals surface area contributed by atoms with Crippen LogP contribution in [-0.2, 0) is 33.1 Å². The normalized spacial score (nSPS) is 17.9. The molecule has 11 heteroatoms. The number of alkyl halides is 3. The molecule has 0 aliphatic carbocycles. The first kappa shape index (κ1) is 40.0. The molecular formula is C40H53F3N4O4. The maximum absolute atomic E-state index is 12.7. The quantitative estimate of drug-likeness (QED) is 0.188. The van der Waals surface area contributed by atoms with Crippen molar-refractivity contribution in [3.05, 3.63) is 95.1 Å². The van der Waals surface area contributed by atoms with E-state index in [0.717, 1.165) is 28.9 Å². The highest BCUT2D eigenvalue weighted by Gasteiger charge is 2.40. The van der Waals surface area contributed by atoms with E-state index in [1.54, 1.807) is 0 Å². The van der Waals surface area contributed by atoms with Crippen molar-refractivity contribution in [2.24, 2.45) is 0 Å². The number of hydrogen-bond acceptors (Lipinski definition) is 6. The average Bonchev–Trinajstić information content (AvgIpc) is 3.06. The van der Waals surface area contributed by atoms with E-state index in [1.165, 1.54) is 17.7 Å². The zero-order valence-electron chi connectivity index (χ0n) is 30.6. The number of anilines is 2. The van der Waals surface area contributed by atoms with Gasteiger partial charge in [0.25, 0.3) is 11.8 Å². The SMILES string of the molecule is CC(C)(C)c1ccc(NC(=O)C2(O)CCN(Cc3ccc(C(F)(F)F)cc3)CC2)cc1.CC(C)(C)c1ccc(NC(=O)C2(O)CCNCC2)cc1.